The van der Waals surface area contributed by atoms with Crippen molar-refractivity contribution in [3.63, 3.8) is 0 Å². The third kappa shape index (κ3) is 2.11. The first-order chi connectivity index (χ1) is 8.84. The van der Waals surface area contributed by atoms with Crippen molar-refractivity contribution in [2.45, 2.75) is 25.3 Å². The van der Waals surface area contributed by atoms with E-state index in [1.165, 1.54) is 12.8 Å². The monoisotopic (exact) mass is 244 g/mol. The van der Waals surface area contributed by atoms with Gasteiger partial charge in [0.2, 0.25) is 0 Å². The molecule has 4 heteroatoms. The van der Waals surface area contributed by atoms with Crippen LogP contribution < -0.4 is 5.32 Å². The van der Waals surface area contributed by atoms with Crippen molar-refractivity contribution in [3.05, 3.63) is 36.2 Å². The summed E-state index contributed by atoms with van der Waals surface area (Å²) in [6, 6.07) is 7.74. The molecule has 1 atom stereocenters. The standard InChI is InChI=1S/C14H16N2O2/c17-13-6-2-1-5-11(13)12-9-16-18-14(12)8-10-4-3-7-15-10/h1-2,5-6,9-10,15,17H,3-4,7-8H2. The highest BCUT2D eigenvalue weighted by atomic mass is 16.5. The van der Waals surface area contributed by atoms with Gasteiger partial charge in [-0.25, -0.2) is 0 Å². The van der Waals surface area contributed by atoms with E-state index in [9.17, 15) is 5.11 Å². The lowest BCUT2D eigenvalue weighted by atomic mass is 10.0. The minimum absolute atomic E-state index is 0.265. The molecule has 0 radical (unpaired) electrons. The normalized spacial score (nSPS) is 19.2. The van der Waals surface area contributed by atoms with Crippen LogP contribution in [0.2, 0.25) is 0 Å². The Bertz CT molecular complexity index is 530. The molecule has 3 rings (SSSR count). The second kappa shape index (κ2) is 4.82. The molecular formula is C14H16N2O2. The number of aromatic hydroxyl groups is 1. The van der Waals surface area contributed by atoms with E-state index in [-0.39, 0.29) is 5.75 Å². The van der Waals surface area contributed by atoms with Gasteiger partial charge in [0.15, 0.2) is 0 Å². The van der Waals surface area contributed by atoms with Crippen molar-refractivity contribution < 1.29 is 9.63 Å². The molecule has 2 aromatic rings. The Labute approximate surface area is 106 Å². The van der Waals surface area contributed by atoms with Gasteiger partial charge in [-0.05, 0) is 25.5 Å². The zero-order valence-electron chi connectivity index (χ0n) is 10.1. The molecule has 1 aromatic heterocycles. The van der Waals surface area contributed by atoms with E-state index in [1.807, 2.05) is 18.2 Å². The number of phenols is 1. The average molecular weight is 244 g/mol. The lowest BCUT2D eigenvalue weighted by molar-refractivity contribution is 0.370. The zero-order valence-corrected chi connectivity index (χ0v) is 10.1. The Balaban J connectivity index is 1.89. The molecule has 2 heterocycles. The molecule has 0 saturated carbocycles. The first-order valence-electron chi connectivity index (χ1n) is 6.30. The van der Waals surface area contributed by atoms with Crippen LogP contribution in [0, 0.1) is 0 Å². The Morgan fingerprint density at radius 2 is 2.22 bits per heavy atom. The summed E-state index contributed by atoms with van der Waals surface area (Å²) < 4.78 is 5.33. The quantitative estimate of drug-likeness (QED) is 0.870. The predicted octanol–water partition coefficient (Wildman–Crippen LogP) is 2.34. The summed E-state index contributed by atoms with van der Waals surface area (Å²) in [6.07, 6.45) is 4.88. The zero-order chi connectivity index (χ0) is 12.4. The first kappa shape index (κ1) is 11.3. The summed E-state index contributed by atoms with van der Waals surface area (Å²) in [4.78, 5) is 0. The molecule has 0 bridgehead atoms. The number of hydrogen-bond donors (Lipinski definition) is 2. The molecule has 1 fully saturated rings. The fourth-order valence-corrected chi connectivity index (χ4v) is 2.49. The second-order valence-electron chi connectivity index (χ2n) is 4.68. The highest BCUT2D eigenvalue weighted by Gasteiger charge is 2.20. The number of hydrogen-bond acceptors (Lipinski definition) is 4. The van der Waals surface area contributed by atoms with Gasteiger partial charge in [-0.3, -0.25) is 0 Å². The molecule has 1 unspecified atom stereocenters. The third-order valence-corrected chi connectivity index (χ3v) is 3.43. The Morgan fingerprint density at radius 1 is 1.33 bits per heavy atom. The number of nitrogens with zero attached hydrogens (tertiary/aromatic N) is 1. The Hall–Kier alpha value is -1.81. The largest absolute Gasteiger partial charge is 0.507 e. The van der Waals surface area contributed by atoms with E-state index in [0.717, 1.165) is 29.9 Å². The van der Waals surface area contributed by atoms with Crippen LogP contribution in [-0.2, 0) is 6.42 Å². The maximum Gasteiger partial charge on any atom is 0.146 e. The van der Waals surface area contributed by atoms with Crippen molar-refractivity contribution >= 4 is 0 Å². The van der Waals surface area contributed by atoms with Crippen LogP contribution in [0.25, 0.3) is 11.1 Å². The van der Waals surface area contributed by atoms with E-state index in [4.69, 9.17) is 4.52 Å². The van der Waals surface area contributed by atoms with E-state index < -0.39 is 0 Å². The van der Waals surface area contributed by atoms with Crippen LogP contribution in [0.3, 0.4) is 0 Å². The number of aromatic nitrogens is 1. The molecule has 0 aliphatic carbocycles. The topological polar surface area (TPSA) is 58.3 Å². The number of para-hydroxylation sites is 1. The molecule has 0 amide bonds. The molecule has 1 saturated heterocycles. The van der Waals surface area contributed by atoms with Gasteiger partial charge in [0.05, 0.1) is 6.20 Å². The van der Waals surface area contributed by atoms with Crippen LogP contribution in [-0.4, -0.2) is 22.8 Å². The van der Waals surface area contributed by atoms with E-state index in [1.54, 1.807) is 12.3 Å². The maximum absolute atomic E-state index is 9.88. The number of rotatable bonds is 3. The number of nitrogens with one attached hydrogen (secondary N) is 1. The molecule has 94 valence electrons. The summed E-state index contributed by atoms with van der Waals surface area (Å²) in [6.45, 7) is 1.07. The van der Waals surface area contributed by atoms with Gasteiger partial charge in [-0.1, -0.05) is 23.4 Å². The highest BCUT2D eigenvalue weighted by Crippen LogP contribution is 2.32. The molecule has 4 nitrogen and oxygen atoms in total. The summed E-state index contributed by atoms with van der Waals surface area (Å²) in [5, 5.41) is 17.2. The van der Waals surface area contributed by atoms with Gasteiger partial charge < -0.3 is 14.9 Å². The van der Waals surface area contributed by atoms with Gasteiger partial charge in [0, 0.05) is 23.6 Å². The van der Waals surface area contributed by atoms with Crippen LogP contribution in [0.4, 0.5) is 0 Å². The van der Waals surface area contributed by atoms with Gasteiger partial charge in [-0.2, -0.15) is 0 Å². The van der Waals surface area contributed by atoms with Crippen molar-refractivity contribution in [1.29, 1.82) is 0 Å². The van der Waals surface area contributed by atoms with E-state index in [0.29, 0.717) is 6.04 Å². The predicted molar refractivity (Wildman–Crippen MR) is 68.3 cm³/mol. The van der Waals surface area contributed by atoms with Gasteiger partial charge >= 0.3 is 0 Å². The Morgan fingerprint density at radius 3 is 3.00 bits per heavy atom. The minimum atomic E-state index is 0.265. The fraction of sp³-hybridized carbons (Fsp3) is 0.357. The van der Waals surface area contributed by atoms with Crippen molar-refractivity contribution in [2.75, 3.05) is 6.54 Å². The van der Waals surface area contributed by atoms with E-state index in [2.05, 4.69) is 10.5 Å². The lowest BCUT2D eigenvalue weighted by Gasteiger charge is -2.09. The van der Waals surface area contributed by atoms with Crippen molar-refractivity contribution in [1.82, 2.24) is 10.5 Å². The average Bonchev–Trinajstić information content (AvgIpc) is 3.02. The lowest BCUT2D eigenvalue weighted by Crippen LogP contribution is -2.23. The van der Waals surface area contributed by atoms with Crippen LogP contribution in [0.15, 0.2) is 35.0 Å². The smallest absolute Gasteiger partial charge is 0.146 e. The highest BCUT2D eigenvalue weighted by molar-refractivity contribution is 5.70. The minimum Gasteiger partial charge on any atom is -0.507 e. The van der Waals surface area contributed by atoms with Crippen LogP contribution in [0.1, 0.15) is 18.6 Å². The van der Waals surface area contributed by atoms with Gasteiger partial charge in [0.1, 0.15) is 11.5 Å². The molecule has 2 N–H and O–H groups in total. The third-order valence-electron chi connectivity index (χ3n) is 3.43. The van der Waals surface area contributed by atoms with Crippen LogP contribution >= 0.6 is 0 Å². The van der Waals surface area contributed by atoms with Crippen LogP contribution in [0.5, 0.6) is 5.75 Å². The molecule has 18 heavy (non-hydrogen) atoms. The molecular weight excluding hydrogens is 228 g/mol. The first-order valence-corrected chi connectivity index (χ1v) is 6.30. The molecule has 1 aliphatic heterocycles. The van der Waals surface area contributed by atoms with Gasteiger partial charge in [0.25, 0.3) is 0 Å². The summed E-state index contributed by atoms with van der Waals surface area (Å²) in [5.41, 5.74) is 1.67. The fourth-order valence-electron chi connectivity index (χ4n) is 2.49. The molecule has 1 aliphatic rings. The maximum atomic E-state index is 9.88. The van der Waals surface area contributed by atoms with Crippen molar-refractivity contribution in [2.24, 2.45) is 0 Å². The van der Waals surface area contributed by atoms with E-state index >= 15 is 0 Å². The summed E-state index contributed by atoms with van der Waals surface area (Å²) in [5.74, 6) is 1.11. The van der Waals surface area contributed by atoms with Gasteiger partial charge in [-0.15, -0.1) is 0 Å². The van der Waals surface area contributed by atoms with Crippen molar-refractivity contribution in [3.8, 4) is 16.9 Å². The number of phenolic OH excluding ortho intramolecular Hbond substituents is 1. The summed E-state index contributed by atoms with van der Waals surface area (Å²) >= 11 is 0. The summed E-state index contributed by atoms with van der Waals surface area (Å²) in [7, 11) is 0. The second-order valence-corrected chi connectivity index (χ2v) is 4.68. The number of benzene rings is 1. The molecule has 1 aromatic carbocycles. The molecule has 0 spiro atoms. The SMILES string of the molecule is Oc1ccccc1-c1cnoc1CC1CCCN1. The Kier molecular flexibility index (Phi) is 3.02.